The van der Waals surface area contributed by atoms with Crippen LogP contribution < -0.4 is 18.9 Å². The van der Waals surface area contributed by atoms with Gasteiger partial charge in [0.05, 0.1) is 26.9 Å². The van der Waals surface area contributed by atoms with Crippen LogP contribution in [-0.2, 0) is 4.79 Å². The van der Waals surface area contributed by atoms with E-state index in [4.69, 9.17) is 18.9 Å². The van der Waals surface area contributed by atoms with Gasteiger partial charge in [-0.2, -0.15) is 0 Å². The normalized spacial score (nSPS) is 13.1. The summed E-state index contributed by atoms with van der Waals surface area (Å²) in [5.74, 6) is 1.69. The van der Waals surface area contributed by atoms with Crippen molar-refractivity contribution < 1.29 is 33.6 Å². The van der Waals surface area contributed by atoms with Gasteiger partial charge in [0, 0.05) is 24.7 Å². The molecule has 1 aliphatic rings. The summed E-state index contributed by atoms with van der Waals surface area (Å²) >= 11 is 0. The van der Waals surface area contributed by atoms with E-state index in [1.54, 1.807) is 32.4 Å². The lowest BCUT2D eigenvalue weighted by Crippen LogP contribution is -2.32. The van der Waals surface area contributed by atoms with E-state index >= 15 is 0 Å². The number of rotatable bonds is 11. The van der Waals surface area contributed by atoms with Gasteiger partial charge in [-0.25, -0.2) is 0 Å². The van der Waals surface area contributed by atoms with Crippen molar-refractivity contribution in [3.63, 3.8) is 0 Å². The first-order valence-corrected chi connectivity index (χ1v) is 13.0. The summed E-state index contributed by atoms with van der Waals surface area (Å²) in [5.41, 5.74) is 2.46. The molecule has 0 aromatic heterocycles. The first kappa shape index (κ1) is 28.3. The third-order valence-corrected chi connectivity index (χ3v) is 6.63. The highest BCUT2D eigenvalue weighted by atomic mass is 16.5. The van der Waals surface area contributed by atoms with Crippen LogP contribution in [0.3, 0.4) is 0 Å². The van der Waals surface area contributed by atoms with Gasteiger partial charge in [0.2, 0.25) is 0 Å². The molecule has 3 aromatic carbocycles. The van der Waals surface area contributed by atoms with Crippen LogP contribution in [0.4, 0.5) is 0 Å². The maximum atomic E-state index is 12.9. The first-order chi connectivity index (χ1) is 19.4. The van der Waals surface area contributed by atoms with Crippen LogP contribution in [-0.4, -0.2) is 62.7 Å². The average molecular weight is 544 g/mol. The zero-order chi connectivity index (χ0) is 28.5. The maximum absolute atomic E-state index is 12.9. The van der Waals surface area contributed by atoms with Crippen LogP contribution in [0.25, 0.3) is 18.2 Å². The van der Waals surface area contributed by atoms with Crippen LogP contribution in [0.1, 0.15) is 39.9 Å². The minimum atomic E-state index is -0.386. The SMILES string of the molecule is COc1cc(/C=C/c2ccc(OCC(=O)N3CCCC3)cc2)c(/C=C/C(=O)c2cc(OC)ccc2O)c(OC)c1. The third-order valence-electron chi connectivity index (χ3n) is 6.63. The van der Waals surface area contributed by atoms with Crippen molar-refractivity contribution in [1.29, 1.82) is 0 Å². The van der Waals surface area contributed by atoms with E-state index in [-0.39, 0.29) is 29.6 Å². The first-order valence-electron chi connectivity index (χ1n) is 13.0. The number of hydrogen-bond acceptors (Lipinski definition) is 7. The fraction of sp³-hybridized carbons (Fsp3) is 0.250. The molecule has 1 amide bonds. The second kappa shape index (κ2) is 13.4. The van der Waals surface area contributed by atoms with E-state index < -0.39 is 0 Å². The number of allylic oxidation sites excluding steroid dienone is 1. The second-order valence-electron chi connectivity index (χ2n) is 9.19. The molecule has 208 valence electrons. The number of benzene rings is 3. The number of carbonyl (C=O) groups is 2. The molecular weight excluding hydrogens is 510 g/mol. The predicted octanol–water partition coefficient (Wildman–Crippen LogP) is 5.49. The molecule has 0 atom stereocenters. The van der Waals surface area contributed by atoms with E-state index in [1.807, 2.05) is 47.4 Å². The minimum Gasteiger partial charge on any atom is -0.507 e. The third kappa shape index (κ3) is 7.02. The fourth-order valence-electron chi connectivity index (χ4n) is 4.38. The number of methoxy groups -OCH3 is 3. The molecule has 0 radical (unpaired) electrons. The van der Waals surface area contributed by atoms with Crippen molar-refractivity contribution in [3.05, 3.63) is 82.9 Å². The standard InChI is InChI=1S/C32H33NO7/c1-37-25-12-14-29(34)28(19-25)30(35)15-13-27-23(18-26(38-2)20-31(27)39-3)9-6-22-7-10-24(11-8-22)40-21-32(36)33-16-4-5-17-33/h6-15,18-20,34H,4-5,16-17,21H2,1-3H3/b9-6+,15-13+. The second-order valence-corrected chi connectivity index (χ2v) is 9.19. The van der Waals surface area contributed by atoms with Gasteiger partial charge in [0.15, 0.2) is 12.4 Å². The molecule has 1 N–H and O–H groups in total. The van der Waals surface area contributed by atoms with Gasteiger partial charge in [-0.1, -0.05) is 24.3 Å². The van der Waals surface area contributed by atoms with Crippen LogP contribution in [0.5, 0.6) is 28.7 Å². The Bertz CT molecular complexity index is 1400. The highest BCUT2D eigenvalue weighted by Gasteiger charge is 2.18. The van der Waals surface area contributed by atoms with E-state index in [0.717, 1.165) is 37.1 Å². The van der Waals surface area contributed by atoms with E-state index in [1.165, 1.54) is 25.3 Å². The van der Waals surface area contributed by atoms with Gasteiger partial charge < -0.3 is 29.0 Å². The number of ether oxygens (including phenoxy) is 4. The Morgan fingerprint density at radius 1 is 0.825 bits per heavy atom. The lowest BCUT2D eigenvalue weighted by Gasteiger charge is -2.15. The number of nitrogens with zero attached hydrogens (tertiary/aromatic N) is 1. The van der Waals surface area contributed by atoms with Crippen molar-refractivity contribution in [3.8, 4) is 28.7 Å². The summed E-state index contributed by atoms with van der Waals surface area (Å²) in [5, 5.41) is 10.2. The summed E-state index contributed by atoms with van der Waals surface area (Å²) in [6, 6.07) is 15.5. The molecule has 8 heteroatoms. The molecule has 1 aliphatic heterocycles. The van der Waals surface area contributed by atoms with E-state index in [9.17, 15) is 14.7 Å². The molecule has 0 saturated carbocycles. The van der Waals surface area contributed by atoms with Gasteiger partial charge in [0.25, 0.3) is 5.91 Å². The molecule has 1 fully saturated rings. The molecule has 1 saturated heterocycles. The van der Waals surface area contributed by atoms with Crippen molar-refractivity contribution >= 4 is 29.9 Å². The van der Waals surface area contributed by atoms with Crippen molar-refractivity contribution in [2.45, 2.75) is 12.8 Å². The largest absolute Gasteiger partial charge is 0.507 e. The zero-order valence-corrected chi connectivity index (χ0v) is 22.9. The molecule has 0 spiro atoms. The molecular formula is C32H33NO7. The van der Waals surface area contributed by atoms with Gasteiger partial charge in [-0.05, 0) is 72.5 Å². The monoisotopic (exact) mass is 543 g/mol. The Hall–Kier alpha value is -4.72. The van der Waals surface area contributed by atoms with Gasteiger partial charge in [-0.15, -0.1) is 0 Å². The Kier molecular flexibility index (Phi) is 9.46. The van der Waals surface area contributed by atoms with E-state index in [2.05, 4.69) is 0 Å². The number of phenolic OH excluding ortho intramolecular Hbond substituents is 1. The Morgan fingerprint density at radius 3 is 2.20 bits per heavy atom. The number of amides is 1. The summed E-state index contributed by atoms with van der Waals surface area (Å²) in [6.45, 7) is 1.63. The van der Waals surface area contributed by atoms with Crippen molar-refractivity contribution in [2.24, 2.45) is 0 Å². The molecule has 0 aliphatic carbocycles. The number of hydrogen-bond donors (Lipinski definition) is 1. The molecule has 8 nitrogen and oxygen atoms in total. The van der Waals surface area contributed by atoms with Crippen molar-refractivity contribution in [2.75, 3.05) is 41.0 Å². The summed E-state index contributed by atoms with van der Waals surface area (Å²) in [4.78, 5) is 27.0. The number of aromatic hydroxyl groups is 1. The molecule has 0 bridgehead atoms. The van der Waals surface area contributed by atoms with Gasteiger partial charge in [0.1, 0.15) is 28.7 Å². The van der Waals surface area contributed by atoms with Gasteiger partial charge in [-0.3, -0.25) is 9.59 Å². The van der Waals surface area contributed by atoms with Crippen LogP contribution in [0.15, 0.2) is 60.7 Å². The van der Waals surface area contributed by atoms with Crippen LogP contribution in [0.2, 0.25) is 0 Å². The maximum Gasteiger partial charge on any atom is 0.260 e. The highest BCUT2D eigenvalue weighted by Crippen LogP contribution is 2.32. The molecule has 4 rings (SSSR count). The van der Waals surface area contributed by atoms with Gasteiger partial charge >= 0.3 is 0 Å². The van der Waals surface area contributed by atoms with Crippen LogP contribution in [0, 0.1) is 0 Å². The Balaban J connectivity index is 1.53. The quantitative estimate of drug-likeness (QED) is 0.194. The van der Waals surface area contributed by atoms with Crippen molar-refractivity contribution in [1.82, 2.24) is 4.90 Å². The lowest BCUT2D eigenvalue weighted by molar-refractivity contribution is -0.132. The summed E-state index contributed by atoms with van der Waals surface area (Å²) in [6.07, 6.45) is 8.93. The molecule has 1 heterocycles. The highest BCUT2D eigenvalue weighted by molar-refractivity contribution is 6.09. The Labute approximate surface area is 234 Å². The topological polar surface area (TPSA) is 94.5 Å². The molecule has 3 aromatic rings. The number of phenols is 1. The lowest BCUT2D eigenvalue weighted by atomic mass is 10.0. The molecule has 0 unspecified atom stereocenters. The summed E-state index contributed by atoms with van der Waals surface area (Å²) in [7, 11) is 4.61. The van der Waals surface area contributed by atoms with Crippen LogP contribution >= 0.6 is 0 Å². The smallest absolute Gasteiger partial charge is 0.260 e. The zero-order valence-electron chi connectivity index (χ0n) is 22.9. The molecule has 40 heavy (non-hydrogen) atoms. The number of ketones is 1. The summed E-state index contributed by atoms with van der Waals surface area (Å²) < 4.78 is 21.9. The number of likely N-dealkylation sites (tertiary alicyclic amines) is 1. The average Bonchev–Trinajstić information content (AvgIpc) is 3.53. The Morgan fingerprint density at radius 2 is 1.52 bits per heavy atom. The minimum absolute atomic E-state index is 0.00845. The predicted molar refractivity (Wildman–Crippen MR) is 154 cm³/mol. The van der Waals surface area contributed by atoms with E-state index in [0.29, 0.717) is 28.6 Å². The number of carbonyl (C=O) groups excluding carboxylic acids is 2. The fourth-order valence-corrected chi connectivity index (χ4v) is 4.38.